The van der Waals surface area contributed by atoms with E-state index >= 15 is 0 Å². The molecule has 0 atom stereocenters. The zero-order valence-corrected chi connectivity index (χ0v) is 18.8. The molecule has 7 nitrogen and oxygen atoms in total. The first-order valence-electron chi connectivity index (χ1n) is 10.0. The summed E-state index contributed by atoms with van der Waals surface area (Å²) in [7, 11) is -2.06. The zero-order valence-electron chi connectivity index (χ0n) is 18.0. The van der Waals surface area contributed by atoms with Gasteiger partial charge in [-0.15, -0.1) is 0 Å². The average Bonchev–Trinajstić information content (AvgIpc) is 2.80. The van der Waals surface area contributed by atoms with Gasteiger partial charge in [-0.05, 0) is 42.0 Å². The topological polar surface area (TPSA) is 84.9 Å². The highest BCUT2D eigenvalue weighted by Crippen LogP contribution is 2.30. The number of anilines is 1. The Bertz CT molecular complexity index is 1130. The van der Waals surface area contributed by atoms with Crippen molar-refractivity contribution in [3.63, 3.8) is 0 Å². The van der Waals surface area contributed by atoms with Crippen LogP contribution in [0.4, 0.5) is 5.69 Å². The first-order valence-corrected chi connectivity index (χ1v) is 11.9. The summed E-state index contributed by atoms with van der Waals surface area (Å²) in [5.41, 5.74) is 1.68. The molecular weight excluding hydrogens is 428 g/mol. The molecule has 8 heteroatoms. The van der Waals surface area contributed by atoms with Gasteiger partial charge in [0, 0.05) is 5.56 Å². The molecule has 168 valence electrons. The number of hydrogen-bond donors (Lipinski definition) is 1. The summed E-state index contributed by atoms with van der Waals surface area (Å²) in [6.07, 6.45) is 1.15. The number of rotatable bonds is 10. The van der Waals surface area contributed by atoms with Crippen molar-refractivity contribution in [2.75, 3.05) is 30.8 Å². The van der Waals surface area contributed by atoms with E-state index in [1.807, 2.05) is 30.3 Å². The molecule has 0 radical (unpaired) electrons. The lowest BCUT2D eigenvalue weighted by molar-refractivity contribution is 0.0947. The number of carbonyl (C=O) groups excluding carboxylic acids is 1. The van der Waals surface area contributed by atoms with Crippen molar-refractivity contribution in [3.05, 3.63) is 90.0 Å². The summed E-state index contributed by atoms with van der Waals surface area (Å²) >= 11 is 0. The van der Waals surface area contributed by atoms with Crippen molar-refractivity contribution in [1.29, 1.82) is 0 Å². The molecule has 1 amide bonds. The molecule has 0 aliphatic heterocycles. The number of methoxy groups -OCH3 is 1. The monoisotopic (exact) mass is 454 g/mol. The fourth-order valence-corrected chi connectivity index (χ4v) is 3.99. The molecule has 3 aromatic carbocycles. The van der Waals surface area contributed by atoms with Gasteiger partial charge in [0.25, 0.3) is 5.91 Å². The fourth-order valence-electron chi connectivity index (χ4n) is 3.10. The lowest BCUT2D eigenvalue weighted by atomic mass is 10.1. The summed E-state index contributed by atoms with van der Waals surface area (Å²) in [4.78, 5) is 12.4. The first-order chi connectivity index (χ1) is 15.4. The van der Waals surface area contributed by atoms with Gasteiger partial charge in [0.1, 0.15) is 18.1 Å². The molecule has 32 heavy (non-hydrogen) atoms. The van der Waals surface area contributed by atoms with Crippen molar-refractivity contribution in [2.45, 2.75) is 6.54 Å². The maximum absolute atomic E-state index is 12.4. The van der Waals surface area contributed by atoms with Crippen LogP contribution in [-0.4, -0.2) is 40.8 Å². The van der Waals surface area contributed by atoms with Crippen molar-refractivity contribution in [2.24, 2.45) is 0 Å². The van der Waals surface area contributed by atoms with E-state index < -0.39 is 10.0 Å². The second-order valence-corrected chi connectivity index (χ2v) is 8.96. The number of carbonyl (C=O) groups is 1. The molecule has 0 aromatic heterocycles. The minimum Gasteiger partial charge on any atom is -0.495 e. The second-order valence-electron chi connectivity index (χ2n) is 7.06. The SMILES string of the molecule is COc1ccccc1N(Cc1ccc(C(=O)NCCOc2ccccc2)cc1)S(C)(=O)=O. The van der Waals surface area contributed by atoms with Crippen molar-refractivity contribution in [3.8, 4) is 11.5 Å². The summed E-state index contributed by atoms with van der Waals surface area (Å²) in [6, 6.07) is 23.1. The van der Waals surface area contributed by atoms with Gasteiger partial charge >= 0.3 is 0 Å². The van der Waals surface area contributed by atoms with E-state index in [2.05, 4.69) is 5.32 Å². The molecule has 1 N–H and O–H groups in total. The maximum atomic E-state index is 12.4. The van der Waals surface area contributed by atoms with Crippen LogP contribution in [0.3, 0.4) is 0 Å². The molecule has 3 aromatic rings. The number of ether oxygens (including phenoxy) is 2. The lowest BCUT2D eigenvalue weighted by Crippen LogP contribution is -2.30. The average molecular weight is 455 g/mol. The third kappa shape index (κ3) is 6.24. The number of para-hydroxylation sites is 3. The summed E-state index contributed by atoms with van der Waals surface area (Å²) in [5.74, 6) is 0.987. The predicted octanol–water partition coefficient (Wildman–Crippen LogP) is 3.47. The van der Waals surface area contributed by atoms with E-state index in [0.717, 1.165) is 17.6 Å². The fraction of sp³-hybridized carbons (Fsp3) is 0.208. The van der Waals surface area contributed by atoms with Gasteiger partial charge in [-0.1, -0.05) is 42.5 Å². The van der Waals surface area contributed by atoms with Gasteiger partial charge in [-0.25, -0.2) is 8.42 Å². The normalized spacial score (nSPS) is 10.9. The van der Waals surface area contributed by atoms with Crippen LogP contribution in [0.5, 0.6) is 11.5 Å². The van der Waals surface area contributed by atoms with Crippen LogP contribution < -0.4 is 19.1 Å². The third-order valence-electron chi connectivity index (χ3n) is 4.70. The lowest BCUT2D eigenvalue weighted by Gasteiger charge is -2.24. The van der Waals surface area contributed by atoms with E-state index in [0.29, 0.717) is 30.2 Å². The van der Waals surface area contributed by atoms with Gasteiger partial charge in [-0.2, -0.15) is 0 Å². The van der Waals surface area contributed by atoms with Gasteiger partial charge in [-0.3, -0.25) is 9.10 Å². The second kappa shape index (κ2) is 10.7. The highest BCUT2D eigenvalue weighted by atomic mass is 32.2. The van der Waals surface area contributed by atoms with Crippen LogP contribution in [-0.2, 0) is 16.6 Å². The molecule has 0 bridgehead atoms. The van der Waals surface area contributed by atoms with E-state index in [1.54, 1.807) is 48.5 Å². The van der Waals surface area contributed by atoms with Crippen LogP contribution in [0, 0.1) is 0 Å². The smallest absolute Gasteiger partial charge is 0.251 e. The summed E-state index contributed by atoms with van der Waals surface area (Å²) in [6.45, 7) is 0.840. The minimum absolute atomic E-state index is 0.117. The van der Waals surface area contributed by atoms with Crippen LogP contribution >= 0.6 is 0 Å². The van der Waals surface area contributed by atoms with E-state index in [1.165, 1.54) is 11.4 Å². The van der Waals surface area contributed by atoms with E-state index in [-0.39, 0.29) is 12.5 Å². The van der Waals surface area contributed by atoms with Gasteiger partial charge < -0.3 is 14.8 Å². The van der Waals surface area contributed by atoms with Crippen LogP contribution in [0.15, 0.2) is 78.9 Å². The Morgan fingerprint density at radius 3 is 2.25 bits per heavy atom. The van der Waals surface area contributed by atoms with Crippen LogP contribution in [0.25, 0.3) is 0 Å². The Kier molecular flexibility index (Phi) is 7.72. The minimum atomic E-state index is -3.55. The first kappa shape index (κ1) is 23.1. The molecule has 0 saturated carbocycles. The van der Waals surface area contributed by atoms with Gasteiger partial charge in [0.2, 0.25) is 10.0 Å². The van der Waals surface area contributed by atoms with Gasteiger partial charge in [0.05, 0.1) is 32.1 Å². The van der Waals surface area contributed by atoms with E-state index in [9.17, 15) is 13.2 Å². The number of sulfonamides is 1. The predicted molar refractivity (Wildman–Crippen MR) is 125 cm³/mol. The molecule has 0 aliphatic rings. The van der Waals surface area contributed by atoms with E-state index in [4.69, 9.17) is 9.47 Å². The Morgan fingerprint density at radius 2 is 1.59 bits per heavy atom. The van der Waals surface area contributed by atoms with Crippen molar-refractivity contribution < 1.29 is 22.7 Å². The van der Waals surface area contributed by atoms with Crippen LogP contribution in [0.1, 0.15) is 15.9 Å². The number of nitrogens with zero attached hydrogens (tertiary/aromatic N) is 1. The number of benzene rings is 3. The summed E-state index contributed by atoms with van der Waals surface area (Å²) < 4.78 is 37.0. The molecule has 0 heterocycles. The molecule has 3 rings (SSSR count). The zero-order chi connectivity index (χ0) is 23.0. The van der Waals surface area contributed by atoms with Crippen molar-refractivity contribution >= 4 is 21.6 Å². The Hall–Kier alpha value is -3.52. The molecule has 0 aliphatic carbocycles. The standard InChI is InChI=1S/C24H26N2O5S/c1-30-23-11-7-6-10-22(23)26(32(2,28)29)18-19-12-14-20(15-13-19)24(27)25-16-17-31-21-8-4-3-5-9-21/h3-15H,16-18H2,1-2H3,(H,25,27). The molecule has 0 saturated heterocycles. The number of amides is 1. The van der Waals surface area contributed by atoms with Crippen LogP contribution in [0.2, 0.25) is 0 Å². The highest BCUT2D eigenvalue weighted by molar-refractivity contribution is 7.92. The summed E-state index contributed by atoms with van der Waals surface area (Å²) in [5, 5.41) is 2.81. The molecule has 0 spiro atoms. The van der Waals surface area contributed by atoms with Gasteiger partial charge in [0.15, 0.2) is 0 Å². The maximum Gasteiger partial charge on any atom is 0.251 e. The Balaban J connectivity index is 1.61. The third-order valence-corrected chi connectivity index (χ3v) is 5.82. The Labute approximate surface area is 188 Å². The van der Waals surface area contributed by atoms with Crippen molar-refractivity contribution in [1.82, 2.24) is 5.32 Å². The quantitative estimate of drug-likeness (QED) is 0.474. The number of hydrogen-bond acceptors (Lipinski definition) is 5. The number of nitrogens with one attached hydrogen (secondary N) is 1. The molecular formula is C24H26N2O5S. The molecule has 0 unspecified atom stereocenters. The molecule has 0 fully saturated rings. The highest BCUT2D eigenvalue weighted by Gasteiger charge is 2.21. The largest absolute Gasteiger partial charge is 0.495 e. The Morgan fingerprint density at radius 1 is 0.938 bits per heavy atom.